The van der Waals surface area contributed by atoms with E-state index in [2.05, 4.69) is 5.10 Å². The molecule has 0 aliphatic carbocycles. The lowest BCUT2D eigenvalue weighted by molar-refractivity contribution is 0.103. The number of halogens is 2. The molecule has 1 aliphatic rings. The van der Waals surface area contributed by atoms with Crippen molar-refractivity contribution < 1.29 is 17.5 Å². The molecule has 0 fully saturated rings. The van der Waals surface area contributed by atoms with E-state index in [1.54, 1.807) is 28.9 Å². The molecule has 1 aromatic heterocycles. The minimum atomic E-state index is -3.61. The third-order valence-corrected chi connectivity index (χ3v) is 7.62. The molecule has 0 bridgehead atoms. The highest BCUT2D eigenvalue weighted by Crippen LogP contribution is 2.28. The van der Waals surface area contributed by atoms with Crippen LogP contribution in [0.25, 0.3) is 0 Å². The Balaban J connectivity index is 1.51. The highest BCUT2D eigenvalue weighted by Gasteiger charge is 2.32. The molecule has 2 heterocycles. The second-order valence-electron chi connectivity index (χ2n) is 7.63. The van der Waals surface area contributed by atoms with Gasteiger partial charge in [-0.15, -0.1) is 0 Å². The fourth-order valence-electron chi connectivity index (χ4n) is 3.79. The summed E-state index contributed by atoms with van der Waals surface area (Å²) in [5.41, 5.74) is 4.15. The minimum Gasteiger partial charge on any atom is -0.370 e. The second kappa shape index (κ2) is 8.70. The summed E-state index contributed by atoms with van der Waals surface area (Å²) >= 11 is 6.06. The molecule has 3 aromatic rings. The zero-order valence-electron chi connectivity index (χ0n) is 17.3. The van der Waals surface area contributed by atoms with Gasteiger partial charge in [0.2, 0.25) is 10.0 Å². The number of rotatable bonds is 6. The van der Waals surface area contributed by atoms with E-state index < -0.39 is 15.8 Å². The molecule has 31 heavy (non-hydrogen) atoms. The highest BCUT2D eigenvalue weighted by atomic mass is 35.5. The normalized spacial score (nSPS) is 14.6. The van der Waals surface area contributed by atoms with Gasteiger partial charge in [-0.3, -0.25) is 4.68 Å². The maximum Gasteiger partial charge on any atom is 0.243 e. The first-order valence-electron chi connectivity index (χ1n) is 9.88. The van der Waals surface area contributed by atoms with Gasteiger partial charge in [-0.25, -0.2) is 12.8 Å². The summed E-state index contributed by atoms with van der Waals surface area (Å²) in [5.74, 6) is -0.401. The van der Waals surface area contributed by atoms with Crippen LogP contribution in [0.15, 0.2) is 47.4 Å². The van der Waals surface area contributed by atoms with Crippen molar-refractivity contribution in [2.45, 2.75) is 38.0 Å². The van der Waals surface area contributed by atoms with Crippen LogP contribution >= 0.6 is 11.6 Å². The van der Waals surface area contributed by atoms with Crippen LogP contribution in [0.5, 0.6) is 0 Å². The van der Waals surface area contributed by atoms with Crippen molar-refractivity contribution in [1.29, 1.82) is 0 Å². The van der Waals surface area contributed by atoms with Crippen LogP contribution in [0.4, 0.5) is 4.39 Å². The van der Waals surface area contributed by atoms with Gasteiger partial charge in [0.25, 0.3) is 0 Å². The second-order valence-corrected chi connectivity index (χ2v) is 9.97. The smallest absolute Gasteiger partial charge is 0.243 e. The fraction of sp³-hybridized carbons (Fsp3) is 0.318. The van der Waals surface area contributed by atoms with E-state index in [9.17, 15) is 12.8 Å². The Morgan fingerprint density at radius 3 is 2.74 bits per heavy atom. The molecule has 164 valence electrons. The number of fused-ring (bicyclic) bond motifs is 1. The van der Waals surface area contributed by atoms with E-state index >= 15 is 0 Å². The number of hydrogen-bond donors (Lipinski definition) is 0. The molecule has 9 heteroatoms. The molecule has 0 saturated heterocycles. The lowest BCUT2D eigenvalue weighted by atomic mass is 10.1. The molecule has 1 aliphatic heterocycles. The predicted octanol–water partition coefficient (Wildman–Crippen LogP) is 3.98. The van der Waals surface area contributed by atoms with Crippen molar-refractivity contribution in [2.75, 3.05) is 6.54 Å². The largest absolute Gasteiger partial charge is 0.370 e. The van der Waals surface area contributed by atoms with Gasteiger partial charge >= 0.3 is 0 Å². The van der Waals surface area contributed by atoms with Crippen LogP contribution in [-0.4, -0.2) is 29.0 Å². The van der Waals surface area contributed by atoms with Crippen molar-refractivity contribution in [3.63, 3.8) is 0 Å². The third kappa shape index (κ3) is 4.52. The minimum absolute atomic E-state index is 0.204. The molecule has 0 atom stereocenters. The summed E-state index contributed by atoms with van der Waals surface area (Å²) in [6, 6.07) is 11.1. The van der Waals surface area contributed by atoms with E-state index in [0.29, 0.717) is 34.1 Å². The van der Waals surface area contributed by atoms with Crippen molar-refractivity contribution in [1.82, 2.24) is 14.1 Å². The van der Waals surface area contributed by atoms with Gasteiger partial charge in [0.05, 0.1) is 23.8 Å². The molecular weight excluding hydrogens is 441 g/mol. The first kappa shape index (κ1) is 22.0. The van der Waals surface area contributed by atoms with Gasteiger partial charge < -0.3 is 4.74 Å². The first-order chi connectivity index (χ1) is 14.8. The quantitative estimate of drug-likeness (QED) is 0.554. The molecule has 0 saturated carbocycles. The van der Waals surface area contributed by atoms with E-state index in [-0.39, 0.29) is 19.8 Å². The van der Waals surface area contributed by atoms with Gasteiger partial charge in [0.15, 0.2) is 0 Å². The average Bonchev–Trinajstić information content (AvgIpc) is 3.05. The van der Waals surface area contributed by atoms with Crippen LogP contribution in [0.3, 0.4) is 0 Å². The molecule has 0 N–H and O–H groups in total. The molecule has 2 aromatic carbocycles. The molecule has 4 rings (SSSR count). The van der Waals surface area contributed by atoms with E-state index in [4.69, 9.17) is 16.3 Å². The van der Waals surface area contributed by atoms with E-state index in [1.165, 1.54) is 16.4 Å². The topological polar surface area (TPSA) is 64.4 Å². The molecular formula is C22H23ClFN3O3S. The number of benzene rings is 2. The first-order valence-corrected chi connectivity index (χ1v) is 11.7. The summed E-state index contributed by atoms with van der Waals surface area (Å²) in [6.07, 6.45) is 0.577. The average molecular weight is 464 g/mol. The fourth-order valence-corrected chi connectivity index (χ4v) is 5.52. The van der Waals surface area contributed by atoms with Gasteiger partial charge in [0.1, 0.15) is 5.82 Å². The molecule has 0 amide bonds. The van der Waals surface area contributed by atoms with E-state index in [0.717, 1.165) is 16.8 Å². The van der Waals surface area contributed by atoms with Gasteiger partial charge in [-0.2, -0.15) is 9.40 Å². The Morgan fingerprint density at radius 1 is 1.19 bits per heavy atom. The molecule has 0 unspecified atom stereocenters. The zero-order valence-corrected chi connectivity index (χ0v) is 18.9. The zero-order chi connectivity index (χ0) is 22.2. The number of ether oxygens (including phenoxy) is 1. The number of sulfonamides is 1. The van der Waals surface area contributed by atoms with Crippen LogP contribution in [0.1, 0.15) is 28.1 Å². The Kier molecular flexibility index (Phi) is 6.16. The van der Waals surface area contributed by atoms with Crippen molar-refractivity contribution in [3.05, 3.63) is 81.4 Å². The van der Waals surface area contributed by atoms with E-state index in [1.807, 2.05) is 20.0 Å². The Hall–Kier alpha value is -2.26. The maximum atomic E-state index is 13.2. The lowest BCUT2D eigenvalue weighted by Gasteiger charge is -2.27. The van der Waals surface area contributed by atoms with Crippen molar-refractivity contribution >= 4 is 21.6 Å². The monoisotopic (exact) mass is 463 g/mol. The number of hydrogen-bond acceptors (Lipinski definition) is 4. The molecule has 0 radical (unpaired) electrons. The number of aromatic nitrogens is 2. The Bertz CT molecular complexity index is 1230. The predicted molar refractivity (Wildman–Crippen MR) is 116 cm³/mol. The summed E-state index contributed by atoms with van der Waals surface area (Å²) in [7, 11) is -1.75. The van der Waals surface area contributed by atoms with Crippen LogP contribution in [0, 0.1) is 12.7 Å². The number of nitrogens with zero attached hydrogens (tertiary/aromatic N) is 3. The van der Waals surface area contributed by atoms with Crippen molar-refractivity contribution in [2.24, 2.45) is 7.05 Å². The van der Waals surface area contributed by atoms with Crippen LogP contribution in [0.2, 0.25) is 5.02 Å². The highest BCUT2D eigenvalue weighted by molar-refractivity contribution is 7.89. The summed E-state index contributed by atoms with van der Waals surface area (Å²) in [4.78, 5) is 0.295. The van der Waals surface area contributed by atoms with Crippen LogP contribution < -0.4 is 0 Å². The SMILES string of the molecule is Cc1cccc(S(=O)(=O)N2CCc3c(c(COCc4ccc(F)cc4Cl)nn3C)C2)c1. The Morgan fingerprint density at radius 2 is 2.00 bits per heavy atom. The lowest BCUT2D eigenvalue weighted by Crippen LogP contribution is -2.36. The van der Waals surface area contributed by atoms with Crippen molar-refractivity contribution in [3.8, 4) is 0 Å². The molecule has 6 nitrogen and oxygen atoms in total. The maximum absolute atomic E-state index is 13.2. The molecule has 0 spiro atoms. The van der Waals surface area contributed by atoms with Gasteiger partial charge in [0, 0.05) is 42.8 Å². The van der Waals surface area contributed by atoms with Gasteiger partial charge in [-0.05, 0) is 42.3 Å². The Labute approximate surface area is 186 Å². The van der Waals surface area contributed by atoms with Gasteiger partial charge in [-0.1, -0.05) is 29.8 Å². The standard InChI is InChI=1S/C22H23ClFN3O3S/c1-15-4-3-5-18(10-15)31(28,29)27-9-8-22-19(12-27)21(25-26(22)2)14-30-13-16-6-7-17(24)11-20(16)23/h3-7,10-11H,8-9,12-14H2,1-2H3. The summed E-state index contributed by atoms with van der Waals surface area (Å²) in [5, 5.41) is 4.84. The summed E-state index contributed by atoms with van der Waals surface area (Å²) < 4.78 is 48.6. The third-order valence-electron chi connectivity index (χ3n) is 5.43. The van der Waals surface area contributed by atoms with Crippen LogP contribution in [-0.2, 0) is 48.0 Å². The summed E-state index contributed by atoms with van der Waals surface area (Å²) in [6.45, 7) is 2.92. The number of aryl methyl sites for hydroxylation is 2.